The molecule has 1 unspecified atom stereocenters. The number of aliphatic hydroxyl groups excluding tert-OH is 1. The van der Waals surface area contributed by atoms with Crippen molar-refractivity contribution in [2.75, 3.05) is 18.5 Å². The van der Waals surface area contributed by atoms with E-state index in [1.165, 1.54) is 5.56 Å². The number of rotatable bonds is 5. The molecule has 2 aromatic rings. The molecule has 0 spiro atoms. The number of hydrogen-bond donors (Lipinski definition) is 2. The maximum Gasteiger partial charge on any atom is 0.322 e. The highest BCUT2D eigenvalue weighted by Crippen LogP contribution is 2.36. The Bertz CT molecular complexity index is 767. The number of anilines is 1. The van der Waals surface area contributed by atoms with Crippen molar-refractivity contribution < 1.29 is 18.7 Å². The molecule has 0 saturated carbocycles. The first-order valence-electron chi connectivity index (χ1n) is 8.31. The van der Waals surface area contributed by atoms with E-state index in [0.717, 1.165) is 36.6 Å². The summed E-state index contributed by atoms with van der Waals surface area (Å²) in [5, 5.41) is 11.6. The number of benzene rings is 2. The number of hydrogen-bond acceptors (Lipinski definition) is 2. The van der Waals surface area contributed by atoms with Crippen LogP contribution in [0.1, 0.15) is 30.0 Å². The molecule has 0 aromatic heterocycles. The van der Waals surface area contributed by atoms with Gasteiger partial charge in [0.25, 0.3) is 0 Å². The summed E-state index contributed by atoms with van der Waals surface area (Å²) in [5.74, 6) is -1.31. The standard InChI is InChI=1S/C19H20F2N2O2/c20-14-7-8-16(21)17(12-14)22-19(25)23(10-3-11-24)18-9-6-13-4-1-2-5-15(13)18/h1-2,4-5,7-8,12,18,24H,3,6,9-11H2,(H,22,25). The number of aryl methyl sites for hydroxylation is 1. The van der Waals surface area contributed by atoms with E-state index in [-0.39, 0.29) is 18.3 Å². The normalized spacial score (nSPS) is 15.7. The van der Waals surface area contributed by atoms with E-state index in [1.54, 1.807) is 4.90 Å². The predicted molar refractivity (Wildman–Crippen MR) is 91.3 cm³/mol. The van der Waals surface area contributed by atoms with Crippen molar-refractivity contribution in [3.05, 3.63) is 65.2 Å². The molecule has 0 bridgehead atoms. The summed E-state index contributed by atoms with van der Waals surface area (Å²) in [6.07, 6.45) is 2.04. The van der Waals surface area contributed by atoms with Crippen LogP contribution in [0.2, 0.25) is 0 Å². The van der Waals surface area contributed by atoms with E-state index < -0.39 is 17.7 Å². The average Bonchev–Trinajstić information content (AvgIpc) is 3.03. The first kappa shape index (κ1) is 17.4. The molecule has 132 valence electrons. The molecule has 0 heterocycles. The Morgan fingerprint density at radius 3 is 2.84 bits per heavy atom. The fraction of sp³-hybridized carbons (Fsp3) is 0.316. The summed E-state index contributed by atoms with van der Waals surface area (Å²) in [7, 11) is 0. The molecule has 0 radical (unpaired) electrons. The van der Waals surface area contributed by atoms with Crippen molar-refractivity contribution >= 4 is 11.7 Å². The van der Waals surface area contributed by atoms with Crippen LogP contribution < -0.4 is 5.32 Å². The van der Waals surface area contributed by atoms with E-state index >= 15 is 0 Å². The lowest BCUT2D eigenvalue weighted by Gasteiger charge is -2.30. The van der Waals surface area contributed by atoms with Crippen LogP contribution in [0.25, 0.3) is 0 Å². The number of carbonyl (C=O) groups is 1. The van der Waals surface area contributed by atoms with Crippen molar-refractivity contribution in [3.8, 4) is 0 Å². The molecule has 0 aliphatic heterocycles. The van der Waals surface area contributed by atoms with Crippen LogP contribution in [0.5, 0.6) is 0 Å². The molecule has 0 saturated heterocycles. The van der Waals surface area contributed by atoms with Crippen LogP contribution in [0.3, 0.4) is 0 Å². The smallest absolute Gasteiger partial charge is 0.322 e. The Kier molecular flexibility index (Phi) is 5.28. The first-order chi connectivity index (χ1) is 12.1. The highest BCUT2D eigenvalue weighted by Gasteiger charge is 2.30. The molecule has 2 aromatic carbocycles. The van der Waals surface area contributed by atoms with Crippen LogP contribution in [-0.4, -0.2) is 29.2 Å². The monoisotopic (exact) mass is 346 g/mol. The minimum atomic E-state index is -0.691. The van der Waals surface area contributed by atoms with Gasteiger partial charge in [-0.3, -0.25) is 0 Å². The molecule has 1 atom stereocenters. The second kappa shape index (κ2) is 7.61. The maximum atomic E-state index is 13.8. The van der Waals surface area contributed by atoms with Gasteiger partial charge in [-0.15, -0.1) is 0 Å². The Morgan fingerprint density at radius 2 is 2.04 bits per heavy atom. The van der Waals surface area contributed by atoms with E-state index in [4.69, 9.17) is 5.11 Å². The number of fused-ring (bicyclic) bond motifs is 1. The van der Waals surface area contributed by atoms with Crippen molar-refractivity contribution in [2.24, 2.45) is 0 Å². The molecule has 6 heteroatoms. The maximum absolute atomic E-state index is 13.8. The molecule has 1 aliphatic rings. The fourth-order valence-corrected chi connectivity index (χ4v) is 3.28. The van der Waals surface area contributed by atoms with E-state index in [0.29, 0.717) is 13.0 Å². The molecular weight excluding hydrogens is 326 g/mol. The van der Waals surface area contributed by atoms with E-state index in [2.05, 4.69) is 5.32 Å². The number of halogens is 2. The Morgan fingerprint density at radius 1 is 1.24 bits per heavy atom. The van der Waals surface area contributed by atoms with Crippen molar-refractivity contribution in [2.45, 2.75) is 25.3 Å². The second-order valence-electron chi connectivity index (χ2n) is 6.08. The summed E-state index contributed by atoms with van der Waals surface area (Å²) in [4.78, 5) is 14.3. The van der Waals surface area contributed by atoms with E-state index in [9.17, 15) is 13.6 Å². The molecular formula is C19H20F2N2O2. The summed E-state index contributed by atoms with van der Waals surface area (Å²) < 4.78 is 27.2. The topological polar surface area (TPSA) is 52.6 Å². The zero-order chi connectivity index (χ0) is 17.8. The van der Waals surface area contributed by atoms with Crippen LogP contribution in [-0.2, 0) is 6.42 Å². The van der Waals surface area contributed by atoms with Gasteiger partial charge in [0.2, 0.25) is 0 Å². The Hall–Kier alpha value is -2.47. The summed E-state index contributed by atoms with van der Waals surface area (Å²) in [6.45, 7) is 0.282. The van der Waals surface area contributed by atoms with Gasteiger partial charge in [-0.25, -0.2) is 13.6 Å². The largest absolute Gasteiger partial charge is 0.396 e. The summed E-state index contributed by atoms with van der Waals surface area (Å²) in [5.41, 5.74) is 2.06. The van der Waals surface area contributed by atoms with Crippen molar-refractivity contribution in [1.82, 2.24) is 4.90 Å². The molecule has 25 heavy (non-hydrogen) atoms. The average molecular weight is 346 g/mol. The summed E-state index contributed by atoms with van der Waals surface area (Å²) in [6, 6.07) is 10.2. The van der Waals surface area contributed by atoms with Gasteiger partial charge in [0.05, 0.1) is 11.7 Å². The molecule has 2 amide bonds. The Labute approximate surface area is 145 Å². The van der Waals surface area contributed by atoms with Crippen LogP contribution in [0.15, 0.2) is 42.5 Å². The molecule has 3 rings (SSSR count). The van der Waals surface area contributed by atoms with Gasteiger partial charge in [-0.1, -0.05) is 24.3 Å². The zero-order valence-corrected chi connectivity index (χ0v) is 13.7. The third kappa shape index (κ3) is 3.79. The van der Waals surface area contributed by atoms with Crippen molar-refractivity contribution in [3.63, 3.8) is 0 Å². The third-order valence-electron chi connectivity index (χ3n) is 4.47. The van der Waals surface area contributed by atoms with Gasteiger partial charge in [0.15, 0.2) is 0 Å². The minimum absolute atomic E-state index is 0.0491. The SMILES string of the molecule is O=C(Nc1cc(F)ccc1F)N(CCCO)C1CCc2ccccc21. The predicted octanol–water partition coefficient (Wildman–Crippen LogP) is 3.87. The number of nitrogens with one attached hydrogen (secondary N) is 1. The third-order valence-corrected chi connectivity index (χ3v) is 4.47. The highest BCUT2D eigenvalue weighted by molar-refractivity contribution is 5.89. The minimum Gasteiger partial charge on any atom is -0.396 e. The number of urea groups is 1. The number of aliphatic hydroxyl groups is 1. The summed E-state index contributed by atoms with van der Waals surface area (Å²) >= 11 is 0. The number of amides is 2. The second-order valence-corrected chi connectivity index (χ2v) is 6.08. The Balaban J connectivity index is 1.83. The van der Waals surface area contributed by atoms with Gasteiger partial charge in [0.1, 0.15) is 11.6 Å². The lowest BCUT2D eigenvalue weighted by Crippen LogP contribution is -2.38. The zero-order valence-electron chi connectivity index (χ0n) is 13.7. The van der Waals surface area contributed by atoms with Gasteiger partial charge in [-0.2, -0.15) is 0 Å². The highest BCUT2D eigenvalue weighted by atomic mass is 19.1. The molecule has 4 nitrogen and oxygen atoms in total. The van der Waals surface area contributed by atoms with Crippen LogP contribution in [0.4, 0.5) is 19.3 Å². The van der Waals surface area contributed by atoms with E-state index in [1.807, 2.05) is 24.3 Å². The molecule has 0 fully saturated rings. The lowest BCUT2D eigenvalue weighted by molar-refractivity contribution is 0.177. The molecule has 2 N–H and O–H groups in total. The molecule has 1 aliphatic carbocycles. The fourth-order valence-electron chi connectivity index (χ4n) is 3.28. The first-order valence-corrected chi connectivity index (χ1v) is 8.31. The van der Waals surface area contributed by atoms with Gasteiger partial charge in [0, 0.05) is 19.2 Å². The van der Waals surface area contributed by atoms with Crippen LogP contribution >= 0.6 is 0 Å². The van der Waals surface area contributed by atoms with Gasteiger partial charge < -0.3 is 15.3 Å². The van der Waals surface area contributed by atoms with Crippen LogP contribution in [0, 0.1) is 11.6 Å². The number of nitrogens with zero attached hydrogens (tertiary/aromatic N) is 1. The lowest BCUT2D eigenvalue weighted by atomic mass is 10.1. The quantitative estimate of drug-likeness (QED) is 0.863. The van der Waals surface area contributed by atoms with Gasteiger partial charge >= 0.3 is 6.03 Å². The number of carbonyl (C=O) groups excluding carboxylic acids is 1. The van der Waals surface area contributed by atoms with Gasteiger partial charge in [-0.05, 0) is 42.5 Å². The van der Waals surface area contributed by atoms with Crippen molar-refractivity contribution in [1.29, 1.82) is 0 Å².